The molecule has 3 rings (SSSR count). The molecule has 5 nitrogen and oxygen atoms in total. The second-order valence-corrected chi connectivity index (χ2v) is 7.58. The molecule has 0 aliphatic carbocycles. The molecule has 0 unspecified atom stereocenters. The third-order valence-electron chi connectivity index (χ3n) is 5.08. The van der Waals surface area contributed by atoms with Crippen LogP contribution < -0.4 is 4.74 Å². The molecule has 0 saturated carbocycles. The second-order valence-electron chi connectivity index (χ2n) is 7.58. The normalized spacial score (nSPS) is 27.6. The SMILES string of the molecule is CCC/C=C/[C@H]1CO[C@H](CCC2COC(c3ccc(OC(F)F)c(F)c3)OC2)OC1. The van der Waals surface area contributed by atoms with E-state index in [1.807, 2.05) is 0 Å². The van der Waals surface area contributed by atoms with Gasteiger partial charge in [0.1, 0.15) is 0 Å². The minimum Gasteiger partial charge on any atom is -0.432 e. The van der Waals surface area contributed by atoms with Crippen LogP contribution in [-0.2, 0) is 18.9 Å². The molecule has 2 aliphatic heterocycles. The van der Waals surface area contributed by atoms with Gasteiger partial charge in [-0.3, -0.25) is 0 Å². The van der Waals surface area contributed by atoms with Crippen molar-refractivity contribution in [2.75, 3.05) is 26.4 Å². The molecule has 2 fully saturated rings. The fourth-order valence-electron chi connectivity index (χ4n) is 3.42. The molecule has 30 heavy (non-hydrogen) atoms. The van der Waals surface area contributed by atoms with Crippen LogP contribution in [0.25, 0.3) is 0 Å². The third kappa shape index (κ3) is 6.97. The Kier molecular flexibility index (Phi) is 8.99. The highest BCUT2D eigenvalue weighted by molar-refractivity contribution is 5.30. The van der Waals surface area contributed by atoms with Crippen molar-refractivity contribution in [3.63, 3.8) is 0 Å². The standard InChI is InChI=1S/C22H29F3O5/c1-2-3-4-5-15-11-26-20(27-12-15)9-6-16-13-28-21(29-14-16)17-7-8-19(18(23)10-17)30-22(24)25/h4-5,7-8,10,15-16,20-22H,2-3,6,9,11-14H2,1H3/b5-4+/t15-,16?,20-,21?. The first-order valence-electron chi connectivity index (χ1n) is 10.4. The molecule has 0 atom stereocenters. The molecule has 2 aliphatic rings. The first kappa shape index (κ1) is 23.1. The summed E-state index contributed by atoms with van der Waals surface area (Å²) in [5.74, 6) is -0.885. The van der Waals surface area contributed by atoms with E-state index in [0.717, 1.165) is 37.8 Å². The molecule has 2 heterocycles. The lowest BCUT2D eigenvalue weighted by Crippen LogP contribution is -2.33. The minimum atomic E-state index is -3.08. The molecule has 0 amide bonds. The van der Waals surface area contributed by atoms with Crippen LogP contribution in [0.15, 0.2) is 30.4 Å². The second kappa shape index (κ2) is 11.7. The van der Waals surface area contributed by atoms with Crippen LogP contribution >= 0.6 is 0 Å². The topological polar surface area (TPSA) is 46.2 Å². The molecule has 0 aromatic heterocycles. The summed E-state index contributed by atoms with van der Waals surface area (Å²) in [4.78, 5) is 0. The summed E-state index contributed by atoms with van der Waals surface area (Å²) in [5, 5.41) is 0. The van der Waals surface area contributed by atoms with Crippen LogP contribution in [0, 0.1) is 17.7 Å². The molecule has 8 heteroatoms. The molecule has 0 radical (unpaired) electrons. The van der Waals surface area contributed by atoms with Gasteiger partial charge in [-0.05, 0) is 31.4 Å². The van der Waals surface area contributed by atoms with Crippen LogP contribution in [0.1, 0.15) is 44.5 Å². The van der Waals surface area contributed by atoms with Crippen molar-refractivity contribution in [2.45, 2.75) is 51.8 Å². The zero-order valence-electron chi connectivity index (χ0n) is 17.1. The summed E-state index contributed by atoms with van der Waals surface area (Å²) >= 11 is 0. The fraction of sp³-hybridized carbons (Fsp3) is 0.636. The van der Waals surface area contributed by atoms with Gasteiger partial charge in [0, 0.05) is 17.4 Å². The number of benzene rings is 1. The number of alkyl halides is 2. The van der Waals surface area contributed by atoms with E-state index in [9.17, 15) is 13.2 Å². The Labute approximate surface area is 175 Å². The number of ether oxygens (including phenoxy) is 5. The molecule has 2 saturated heterocycles. The Morgan fingerprint density at radius 2 is 1.80 bits per heavy atom. The molecule has 168 valence electrons. The summed E-state index contributed by atoms with van der Waals surface area (Å²) in [6.45, 7) is 1.32. The maximum absolute atomic E-state index is 13.9. The van der Waals surface area contributed by atoms with E-state index >= 15 is 0 Å². The van der Waals surface area contributed by atoms with Crippen molar-refractivity contribution in [1.29, 1.82) is 0 Å². The van der Waals surface area contributed by atoms with Crippen molar-refractivity contribution in [3.8, 4) is 5.75 Å². The van der Waals surface area contributed by atoms with Crippen LogP contribution in [0.5, 0.6) is 5.75 Å². The lowest BCUT2D eigenvalue weighted by molar-refractivity contribution is -0.217. The van der Waals surface area contributed by atoms with Crippen LogP contribution in [0.4, 0.5) is 13.2 Å². The molecule has 0 N–H and O–H groups in total. The molecule has 0 spiro atoms. The van der Waals surface area contributed by atoms with Crippen molar-refractivity contribution in [2.24, 2.45) is 11.8 Å². The van der Waals surface area contributed by atoms with Crippen LogP contribution in [-0.4, -0.2) is 39.3 Å². The highest BCUT2D eigenvalue weighted by Gasteiger charge is 2.27. The van der Waals surface area contributed by atoms with Crippen molar-refractivity contribution in [3.05, 3.63) is 41.7 Å². The van der Waals surface area contributed by atoms with E-state index in [-0.39, 0.29) is 12.2 Å². The van der Waals surface area contributed by atoms with Crippen molar-refractivity contribution >= 4 is 0 Å². The summed E-state index contributed by atoms with van der Waals surface area (Å²) in [5.41, 5.74) is 0.425. The Balaban J connectivity index is 1.37. The van der Waals surface area contributed by atoms with Gasteiger partial charge in [0.25, 0.3) is 0 Å². The molecule has 0 bridgehead atoms. The van der Waals surface area contributed by atoms with Crippen LogP contribution in [0.3, 0.4) is 0 Å². The van der Waals surface area contributed by atoms with E-state index in [1.165, 1.54) is 6.07 Å². The first-order chi connectivity index (χ1) is 14.5. The summed E-state index contributed by atoms with van der Waals surface area (Å²) in [6.07, 6.45) is 7.18. The maximum atomic E-state index is 13.9. The van der Waals surface area contributed by atoms with Gasteiger partial charge in [-0.1, -0.05) is 31.6 Å². The van der Waals surface area contributed by atoms with Gasteiger partial charge in [-0.15, -0.1) is 0 Å². The molecule has 1 aromatic rings. The fourth-order valence-corrected chi connectivity index (χ4v) is 3.42. The number of allylic oxidation sites excluding steroid dienone is 1. The van der Waals surface area contributed by atoms with E-state index in [0.29, 0.717) is 37.9 Å². The van der Waals surface area contributed by atoms with Gasteiger partial charge in [-0.25, -0.2) is 4.39 Å². The van der Waals surface area contributed by atoms with Gasteiger partial charge < -0.3 is 23.7 Å². The van der Waals surface area contributed by atoms with Gasteiger partial charge in [-0.2, -0.15) is 8.78 Å². The Hall–Kier alpha value is -1.61. The van der Waals surface area contributed by atoms with Crippen LogP contribution in [0.2, 0.25) is 0 Å². The number of hydrogen-bond donors (Lipinski definition) is 0. The predicted molar refractivity (Wildman–Crippen MR) is 104 cm³/mol. The number of unbranched alkanes of at least 4 members (excludes halogenated alkanes) is 1. The number of hydrogen-bond acceptors (Lipinski definition) is 5. The quantitative estimate of drug-likeness (QED) is 0.503. The Bertz CT molecular complexity index is 669. The lowest BCUT2D eigenvalue weighted by atomic mass is 10.0. The highest BCUT2D eigenvalue weighted by atomic mass is 19.3. The minimum absolute atomic E-state index is 0.182. The van der Waals surface area contributed by atoms with Crippen molar-refractivity contribution < 1.29 is 36.9 Å². The Morgan fingerprint density at radius 3 is 2.43 bits per heavy atom. The smallest absolute Gasteiger partial charge is 0.387 e. The largest absolute Gasteiger partial charge is 0.432 e. The van der Waals surface area contributed by atoms with Gasteiger partial charge in [0.05, 0.1) is 26.4 Å². The molecule has 1 aromatic carbocycles. The zero-order valence-corrected chi connectivity index (χ0v) is 17.1. The Morgan fingerprint density at radius 1 is 1.07 bits per heavy atom. The summed E-state index contributed by atoms with van der Waals surface area (Å²) < 4.78 is 65.4. The first-order valence-corrected chi connectivity index (χ1v) is 10.4. The van der Waals surface area contributed by atoms with E-state index in [4.69, 9.17) is 18.9 Å². The van der Waals surface area contributed by atoms with E-state index in [1.54, 1.807) is 0 Å². The van der Waals surface area contributed by atoms with E-state index in [2.05, 4.69) is 23.8 Å². The monoisotopic (exact) mass is 430 g/mol. The van der Waals surface area contributed by atoms with Gasteiger partial charge >= 0.3 is 6.61 Å². The summed E-state index contributed by atoms with van der Waals surface area (Å²) in [7, 11) is 0. The zero-order chi connectivity index (χ0) is 21.3. The van der Waals surface area contributed by atoms with Crippen molar-refractivity contribution in [1.82, 2.24) is 0 Å². The number of halogens is 3. The summed E-state index contributed by atoms with van der Waals surface area (Å²) in [6, 6.07) is 3.71. The lowest BCUT2D eigenvalue weighted by Gasteiger charge is -2.32. The maximum Gasteiger partial charge on any atom is 0.387 e. The average molecular weight is 430 g/mol. The molecular weight excluding hydrogens is 401 g/mol. The predicted octanol–water partition coefficient (Wildman–Crippen LogP) is 5.21. The third-order valence-corrected chi connectivity index (χ3v) is 5.08. The van der Waals surface area contributed by atoms with Gasteiger partial charge in [0.15, 0.2) is 24.1 Å². The van der Waals surface area contributed by atoms with E-state index < -0.39 is 24.5 Å². The molecular formula is C22H29F3O5. The average Bonchev–Trinajstić information content (AvgIpc) is 2.75. The van der Waals surface area contributed by atoms with Gasteiger partial charge in [0.2, 0.25) is 0 Å². The highest BCUT2D eigenvalue weighted by Crippen LogP contribution is 2.30. The number of rotatable bonds is 9.